The zero-order valence-corrected chi connectivity index (χ0v) is 10.7. The Labute approximate surface area is 111 Å². The van der Waals surface area contributed by atoms with Crippen LogP contribution in [0.5, 0.6) is 0 Å². The molecular weight excluding hydrogens is 270 g/mol. The van der Waals surface area contributed by atoms with Gasteiger partial charge >= 0.3 is 5.69 Å². The second kappa shape index (κ2) is 4.84. The fraction of sp³-hybridized carbons (Fsp3) is 0.154. The van der Waals surface area contributed by atoms with Crippen LogP contribution in [0, 0.1) is 11.6 Å². The lowest BCUT2D eigenvalue weighted by Crippen LogP contribution is -2.39. The number of rotatable bonds is 2. The molecule has 104 valence electrons. The number of carbonyl (C=O) groups is 1. The molecule has 0 atom stereocenters. The quantitative estimate of drug-likeness (QED) is 0.757. The van der Waals surface area contributed by atoms with Crippen molar-refractivity contribution in [2.24, 2.45) is 14.1 Å². The molecule has 0 unspecified atom stereocenters. The number of benzene rings is 1. The van der Waals surface area contributed by atoms with Gasteiger partial charge in [-0.05, 0) is 18.2 Å². The first-order chi connectivity index (χ1) is 9.32. The van der Waals surface area contributed by atoms with Crippen molar-refractivity contribution in [1.29, 1.82) is 0 Å². The van der Waals surface area contributed by atoms with E-state index in [-0.39, 0.29) is 11.1 Å². The van der Waals surface area contributed by atoms with E-state index in [9.17, 15) is 23.2 Å². The van der Waals surface area contributed by atoms with Gasteiger partial charge in [0.2, 0.25) is 0 Å². The van der Waals surface area contributed by atoms with Crippen molar-refractivity contribution < 1.29 is 13.6 Å². The van der Waals surface area contributed by atoms with E-state index in [2.05, 4.69) is 0 Å². The van der Waals surface area contributed by atoms with Gasteiger partial charge in [0.1, 0.15) is 5.56 Å². The van der Waals surface area contributed by atoms with Crippen molar-refractivity contribution in [1.82, 2.24) is 9.13 Å². The summed E-state index contributed by atoms with van der Waals surface area (Å²) in [5.41, 5.74) is -1.83. The average molecular weight is 280 g/mol. The minimum atomic E-state index is -1.18. The summed E-state index contributed by atoms with van der Waals surface area (Å²) in [6, 6.07) is 2.59. The number of carbonyl (C=O) groups excluding carboxylic acids is 1. The number of hydrogen-bond acceptors (Lipinski definition) is 3. The van der Waals surface area contributed by atoms with Crippen LogP contribution in [-0.2, 0) is 14.1 Å². The molecule has 0 aliphatic rings. The van der Waals surface area contributed by atoms with Crippen molar-refractivity contribution >= 4 is 5.78 Å². The Kier molecular flexibility index (Phi) is 3.35. The number of aryl methyl sites for hydroxylation is 1. The van der Waals surface area contributed by atoms with Gasteiger partial charge in [0.15, 0.2) is 17.4 Å². The van der Waals surface area contributed by atoms with Crippen LogP contribution in [0.3, 0.4) is 0 Å². The van der Waals surface area contributed by atoms with Crippen LogP contribution in [0.25, 0.3) is 0 Å². The lowest BCUT2D eigenvalue weighted by atomic mass is 10.1. The Bertz CT molecular complexity index is 821. The largest absolute Gasteiger partial charge is 0.330 e. The van der Waals surface area contributed by atoms with E-state index >= 15 is 0 Å². The van der Waals surface area contributed by atoms with Gasteiger partial charge in [-0.1, -0.05) is 0 Å². The highest BCUT2D eigenvalue weighted by molar-refractivity contribution is 6.08. The highest BCUT2D eigenvalue weighted by Crippen LogP contribution is 2.11. The van der Waals surface area contributed by atoms with E-state index in [1.54, 1.807) is 0 Å². The zero-order chi connectivity index (χ0) is 15.0. The van der Waals surface area contributed by atoms with Crippen LogP contribution < -0.4 is 11.2 Å². The van der Waals surface area contributed by atoms with Crippen LogP contribution in [0.2, 0.25) is 0 Å². The number of aromatic nitrogens is 2. The predicted molar refractivity (Wildman–Crippen MR) is 66.7 cm³/mol. The summed E-state index contributed by atoms with van der Waals surface area (Å²) in [7, 11) is 2.61. The number of nitrogens with zero attached hydrogens (tertiary/aromatic N) is 2. The second-order valence-electron chi connectivity index (χ2n) is 4.26. The number of ketones is 1. The molecule has 0 bridgehead atoms. The molecule has 0 amide bonds. The maximum absolute atomic E-state index is 13.1. The second-order valence-corrected chi connectivity index (χ2v) is 4.26. The Morgan fingerprint density at radius 3 is 2.35 bits per heavy atom. The fourth-order valence-electron chi connectivity index (χ4n) is 1.76. The first-order valence-corrected chi connectivity index (χ1v) is 5.59. The normalized spacial score (nSPS) is 10.6. The van der Waals surface area contributed by atoms with Gasteiger partial charge < -0.3 is 4.57 Å². The van der Waals surface area contributed by atoms with Crippen LogP contribution >= 0.6 is 0 Å². The summed E-state index contributed by atoms with van der Waals surface area (Å²) in [5, 5.41) is 0. The van der Waals surface area contributed by atoms with E-state index in [1.807, 2.05) is 0 Å². The Morgan fingerprint density at radius 2 is 1.75 bits per heavy atom. The Balaban J connectivity index is 2.62. The third-order valence-corrected chi connectivity index (χ3v) is 2.87. The van der Waals surface area contributed by atoms with Crippen LogP contribution in [0.1, 0.15) is 15.9 Å². The lowest BCUT2D eigenvalue weighted by molar-refractivity contribution is 0.103. The van der Waals surface area contributed by atoms with Crippen molar-refractivity contribution in [3.8, 4) is 0 Å². The Hall–Kier alpha value is -2.57. The van der Waals surface area contributed by atoms with Crippen molar-refractivity contribution in [3.63, 3.8) is 0 Å². The molecule has 0 saturated carbocycles. The van der Waals surface area contributed by atoms with E-state index in [4.69, 9.17) is 0 Å². The topological polar surface area (TPSA) is 61.1 Å². The molecule has 0 radical (unpaired) electrons. The molecule has 5 nitrogen and oxygen atoms in total. The molecule has 2 aromatic rings. The molecule has 0 aliphatic carbocycles. The van der Waals surface area contributed by atoms with Gasteiger partial charge in [0.05, 0.1) is 0 Å². The third-order valence-electron chi connectivity index (χ3n) is 2.87. The van der Waals surface area contributed by atoms with E-state index < -0.39 is 28.7 Å². The molecular formula is C13H10F2N2O3. The molecule has 7 heteroatoms. The minimum absolute atomic E-state index is 0.167. The summed E-state index contributed by atoms with van der Waals surface area (Å²) < 4.78 is 27.8. The maximum atomic E-state index is 13.1. The van der Waals surface area contributed by atoms with Gasteiger partial charge in [-0.15, -0.1) is 0 Å². The highest BCUT2D eigenvalue weighted by Gasteiger charge is 2.17. The Morgan fingerprint density at radius 1 is 1.10 bits per heavy atom. The minimum Gasteiger partial charge on any atom is -0.303 e. The highest BCUT2D eigenvalue weighted by atomic mass is 19.2. The summed E-state index contributed by atoms with van der Waals surface area (Å²) >= 11 is 0. The number of hydrogen-bond donors (Lipinski definition) is 0. The van der Waals surface area contributed by atoms with Crippen molar-refractivity contribution in [2.75, 3.05) is 0 Å². The predicted octanol–water partition coefficient (Wildman–Crippen LogP) is 0.593. The first-order valence-electron chi connectivity index (χ1n) is 5.59. The van der Waals surface area contributed by atoms with Gasteiger partial charge in [0.25, 0.3) is 5.56 Å². The molecule has 0 saturated heterocycles. The van der Waals surface area contributed by atoms with Crippen molar-refractivity contribution in [3.05, 3.63) is 68.0 Å². The third kappa shape index (κ3) is 2.18. The summed E-state index contributed by atoms with van der Waals surface area (Å²) in [5.74, 6) is -3.05. The molecule has 20 heavy (non-hydrogen) atoms. The van der Waals surface area contributed by atoms with Gasteiger partial charge in [-0.2, -0.15) is 0 Å². The van der Waals surface area contributed by atoms with Gasteiger partial charge in [-0.25, -0.2) is 13.6 Å². The lowest BCUT2D eigenvalue weighted by Gasteiger charge is -2.06. The summed E-state index contributed by atoms with van der Waals surface area (Å²) in [6.45, 7) is 0. The molecule has 2 rings (SSSR count). The number of halogens is 2. The summed E-state index contributed by atoms with van der Waals surface area (Å²) in [6.07, 6.45) is 1.08. The monoisotopic (exact) mass is 280 g/mol. The zero-order valence-electron chi connectivity index (χ0n) is 10.7. The fourth-order valence-corrected chi connectivity index (χ4v) is 1.76. The molecule has 1 heterocycles. The summed E-state index contributed by atoms with van der Waals surface area (Å²) in [4.78, 5) is 35.5. The standard InChI is InChI=1S/C13H10F2N2O3/c1-16-6-8(12(19)17(2)13(16)20)11(18)7-3-4-9(14)10(15)5-7/h3-6H,1-2H3. The molecule has 0 N–H and O–H groups in total. The van der Waals surface area contributed by atoms with E-state index in [1.165, 1.54) is 14.1 Å². The van der Waals surface area contributed by atoms with Crippen LogP contribution in [0.15, 0.2) is 34.0 Å². The molecule has 1 aromatic carbocycles. The van der Waals surface area contributed by atoms with Crippen molar-refractivity contribution in [2.45, 2.75) is 0 Å². The average Bonchev–Trinajstić information content (AvgIpc) is 2.43. The molecule has 0 spiro atoms. The van der Waals surface area contributed by atoms with Gasteiger partial charge in [0, 0.05) is 25.9 Å². The van der Waals surface area contributed by atoms with Crippen LogP contribution in [0.4, 0.5) is 8.78 Å². The molecule has 1 aromatic heterocycles. The molecule has 0 aliphatic heterocycles. The maximum Gasteiger partial charge on any atom is 0.330 e. The van der Waals surface area contributed by atoms with E-state index in [0.717, 1.165) is 27.5 Å². The van der Waals surface area contributed by atoms with Gasteiger partial charge in [-0.3, -0.25) is 14.2 Å². The van der Waals surface area contributed by atoms with E-state index in [0.29, 0.717) is 6.07 Å². The molecule has 0 fully saturated rings. The smallest absolute Gasteiger partial charge is 0.303 e. The SMILES string of the molecule is Cn1cc(C(=O)c2ccc(F)c(F)c2)c(=O)n(C)c1=O. The first kappa shape index (κ1) is 13.9. The van der Waals surface area contributed by atoms with Crippen LogP contribution in [-0.4, -0.2) is 14.9 Å².